The molecule has 222 valence electrons. The Kier molecular flexibility index (Phi) is 8.62. The van der Waals surface area contributed by atoms with E-state index in [0.29, 0.717) is 36.8 Å². The number of thiazole rings is 1. The first-order valence-electron chi connectivity index (χ1n) is 12.1. The monoisotopic (exact) mass is 601 g/mol. The van der Waals surface area contributed by atoms with Crippen molar-refractivity contribution < 1.29 is 49.8 Å². The number of aromatic nitrogens is 1. The molecule has 2 N–H and O–H groups in total. The molecule has 1 aliphatic rings. The van der Waals surface area contributed by atoms with Crippen molar-refractivity contribution in [1.82, 2.24) is 15.2 Å². The van der Waals surface area contributed by atoms with E-state index in [2.05, 4.69) is 10.3 Å². The van der Waals surface area contributed by atoms with E-state index in [1.807, 2.05) is 20.8 Å². The fourth-order valence-electron chi connectivity index (χ4n) is 4.20. The van der Waals surface area contributed by atoms with Crippen molar-refractivity contribution in [3.63, 3.8) is 0 Å². The van der Waals surface area contributed by atoms with Crippen molar-refractivity contribution in [1.29, 1.82) is 0 Å². The number of halogens is 8. The summed E-state index contributed by atoms with van der Waals surface area (Å²) in [6.07, 6.45) is -14.9. The third kappa shape index (κ3) is 6.09. The van der Waals surface area contributed by atoms with Crippen molar-refractivity contribution >= 4 is 23.2 Å². The first-order chi connectivity index (χ1) is 18.2. The van der Waals surface area contributed by atoms with Crippen molar-refractivity contribution in [3.05, 3.63) is 40.0 Å². The van der Waals surface area contributed by atoms with Gasteiger partial charge in [-0.3, -0.25) is 9.59 Å². The molecule has 1 aromatic carbocycles. The number of nitrogens with one attached hydrogen (secondary N) is 1. The number of nitrogens with zero attached hydrogens (tertiary/aromatic N) is 2. The predicted molar refractivity (Wildman–Crippen MR) is 130 cm³/mol. The van der Waals surface area contributed by atoms with Crippen LogP contribution in [0, 0.1) is 5.41 Å². The van der Waals surface area contributed by atoms with E-state index < -0.39 is 58.6 Å². The maximum atomic E-state index is 14.2. The second kappa shape index (κ2) is 10.9. The SMILES string of the molecule is C[C@H]1CCCN1C(=O)c1nc(C(=O)NCC(C)(C)C)sc1-c1ccc(C(O)(C(F)(F)F)C(F)(F)F)cc1C(F)F. The van der Waals surface area contributed by atoms with Gasteiger partial charge in [-0.15, -0.1) is 11.3 Å². The summed E-state index contributed by atoms with van der Waals surface area (Å²) in [6.45, 7) is 7.69. The molecule has 0 unspecified atom stereocenters. The summed E-state index contributed by atoms with van der Waals surface area (Å²) in [6, 6.07) is 0.403. The average Bonchev–Trinajstić information content (AvgIpc) is 3.46. The largest absolute Gasteiger partial charge is 0.430 e. The lowest BCUT2D eigenvalue weighted by Gasteiger charge is -2.33. The lowest BCUT2D eigenvalue weighted by molar-refractivity contribution is -0.376. The van der Waals surface area contributed by atoms with Gasteiger partial charge >= 0.3 is 12.4 Å². The Balaban J connectivity index is 2.22. The fraction of sp³-hybridized carbons (Fsp3) is 0.560. The van der Waals surface area contributed by atoms with Gasteiger partial charge in [0.05, 0.1) is 4.88 Å². The zero-order valence-electron chi connectivity index (χ0n) is 21.8. The Morgan fingerprint density at radius 2 is 1.73 bits per heavy atom. The molecule has 1 saturated heterocycles. The molecule has 0 aliphatic carbocycles. The molecule has 3 rings (SSSR count). The number of aliphatic hydroxyl groups is 1. The summed E-state index contributed by atoms with van der Waals surface area (Å²) in [5.74, 6) is -1.47. The third-order valence-electron chi connectivity index (χ3n) is 6.39. The van der Waals surface area contributed by atoms with E-state index in [-0.39, 0.29) is 40.0 Å². The molecule has 2 amide bonds. The second-order valence-corrected chi connectivity index (χ2v) is 11.7. The number of benzene rings is 1. The molecule has 0 bridgehead atoms. The van der Waals surface area contributed by atoms with E-state index in [1.54, 1.807) is 6.92 Å². The molecule has 0 radical (unpaired) electrons. The maximum Gasteiger partial charge on any atom is 0.430 e. The zero-order chi connectivity index (χ0) is 30.4. The Morgan fingerprint density at radius 3 is 2.20 bits per heavy atom. The average molecular weight is 602 g/mol. The van der Waals surface area contributed by atoms with Gasteiger partial charge in [-0.1, -0.05) is 32.9 Å². The van der Waals surface area contributed by atoms with Gasteiger partial charge in [0.1, 0.15) is 5.69 Å². The Bertz CT molecular complexity index is 1250. The highest BCUT2D eigenvalue weighted by Gasteiger charge is 2.71. The number of carbonyl (C=O) groups excluding carboxylic acids is 2. The van der Waals surface area contributed by atoms with Crippen LogP contribution >= 0.6 is 11.3 Å². The summed E-state index contributed by atoms with van der Waals surface area (Å²) in [5, 5.41) is 12.0. The fourth-order valence-corrected chi connectivity index (χ4v) is 5.22. The van der Waals surface area contributed by atoms with E-state index in [0.717, 1.165) is 0 Å². The van der Waals surface area contributed by atoms with E-state index in [4.69, 9.17) is 0 Å². The molecule has 40 heavy (non-hydrogen) atoms. The maximum absolute atomic E-state index is 14.2. The van der Waals surface area contributed by atoms with Gasteiger partial charge in [-0.25, -0.2) is 13.8 Å². The minimum atomic E-state index is -6.29. The van der Waals surface area contributed by atoms with Crippen molar-refractivity contribution in [2.24, 2.45) is 5.41 Å². The van der Waals surface area contributed by atoms with E-state index in [9.17, 15) is 49.8 Å². The van der Waals surface area contributed by atoms with Gasteiger partial charge in [0.2, 0.25) is 0 Å². The molecule has 1 atom stereocenters. The van der Waals surface area contributed by atoms with E-state index in [1.165, 1.54) is 4.90 Å². The molecule has 0 spiro atoms. The van der Waals surface area contributed by atoms with Gasteiger partial charge in [-0.05, 0) is 31.2 Å². The number of hydrogen-bond acceptors (Lipinski definition) is 5. The molecular weight excluding hydrogens is 574 g/mol. The highest BCUT2D eigenvalue weighted by atomic mass is 32.1. The lowest BCUT2D eigenvalue weighted by Crippen LogP contribution is -2.54. The normalized spacial score (nSPS) is 17.1. The molecule has 2 aromatic rings. The lowest BCUT2D eigenvalue weighted by atomic mass is 9.89. The molecule has 1 aromatic heterocycles. The number of alkyl halides is 8. The van der Waals surface area contributed by atoms with Crippen LogP contribution in [0.4, 0.5) is 35.1 Å². The minimum absolute atomic E-state index is 0.0905. The first-order valence-corrected chi connectivity index (χ1v) is 12.9. The molecule has 6 nitrogen and oxygen atoms in total. The zero-order valence-corrected chi connectivity index (χ0v) is 22.6. The highest BCUT2D eigenvalue weighted by molar-refractivity contribution is 7.17. The number of amides is 2. The molecule has 1 aliphatic heterocycles. The molecule has 2 heterocycles. The molecular formula is C25H27F8N3O3S. The summed E-state index contributed by atoms with van der Waals surface area (Å²) < 4.78 is 109. The summed E-state index contributed by atoms with van der Waals surface area (Å²) in [4.78, 5) is 31.3. The quantitative estimate of drug-likeness (QED) is 0.373. The van der Waals surface area contributed by atoms with Crippen molar-refractivity contribution in [2.75, 3.05) is 13.1 Å². The first kappa shape index (κ1) is 31.7. The van der Waals surface area contributed by atoms with Crippen LogP contribution in [0.2, 0.25) is 0 Å². The summed E-state index contributed by atoms with van der Waals surface area (Å²) in [5.41, 5.74) is -9.99. The Labute approximate surface area is 228 Å². The van der Waals surface area contributed by atoms with Gasteiger partial charge in [-0.2, -0.15) is 26.3 Å². The van der Waals surface area contributed by atoms with Gasteiger partial charge in [0.15, 0.2) is 5.01 Å². The summed E-state index contributed by atoms with van der Waals surface area (Å²) >= 11 is 0.505. The smallest absolute Gasteiger partial charge is 0.369 e. The van der Waals surface area contributed by atoms with E-state index >= 15 is 0 Å². The van der Waals surface area contributed by atoms with Crippen LogP contribution in [0.15, 0.2) is 18.2 Å². The summed E-state index contributed by atoms with van der Waals surface area (Å²) in [7, 11) is 0. The number of rotatable bonds is 6. The number of carbonyl (C=O) groups is 2. The van der Waals surface area contributed by atoms with Crippen molar-refractivity contribution in [3.8, 4) is 10.4 Å². The second-order valence-electron chi connectivity index (χ2n) is 10.7. The minimum Gasteiger partial charge on any atom is -0.369 e. The Hall–Kier alpha value is -2.81. The molecule has 15 heteroatoms. The number of likely N-dealkylation sites (tertiary alicyclic amines) is 1. The highest BCUT2D eigenvalue weighted by Crippen LogP contribution is 2.51. The van der Waals surface area contributed by atoms with Crippen molar-refractivity contribution in [2.45, 2.75) is 71.0 Å². The Morgan fingerprint density at radius 1 is 1.12 bits per heavy atom. The van der Waals surface area contributed by atoms with Crippen LogP contribution in [0.25, 0.3) is 10.4 Å². The topological polar surface area (TPSA) is 82.5 Å². The molecule has 1 fully saturated rings. The van der Waals surface area contributed by atoms with Crippen LogP contribution in [-0.4, -0.2) is 58.3 Å². The van der Waals surface area contributed by atoms with Gasteiger partial charge in [0.25, 0.3) is 23.8 Å². The van der Waals surface area contributed by atoms with Crippen LogP contribution in [0.3, 0.4) is 0 Å². The van der Waals surface area contributed by atoms with Gasteiger partial charge in [0, 0.05) is 35.8 Å². The third-order valence-corrected chi connectivity index (χ3v) is 7.47. The standard InChI is InChI=1S/C25H27F8N3O3S/c1-12-6-5-9-36(12)21(38)16-17(40-20(35-16)19(37)34-11-22(2,3)4)14-8-7-13(10-15(14)18(26)27)23(39,24(28,29)30)25(31,32)33/h7-8,10,12,18,39H,5-6,9,11H2,1-4H3,(H,34,37)/t12-/m0/s1. The van der Waals surface area contributed by atoms with Crippen LogP contribution in [-0.2, 0) is 5.60 Å². The molecule has 0 saturated carbocycles. The number of hydrogen-bond donors (Lipinski definition) is 2. The predicted octanol–water partition coefficient (Wildman–Crippen LogP) is 6.46. The van der Waals surface area contributed by atoms with Crippen LogP contribution in [0.1, 0.15) is 78.4 Å². The van der Waals surface area contributed by atoms with Gasteiger partial charge < -0.3 is 15.3 Å². The van der Waals surface area contributed by atoms with Crippen LogP contribution in [0.5, 0.6) is 0 Å². The van der Waals surface area contributed by atoms with Crippen LogP contribution < -0.4 is 5.32 Å².